The van der Waals surface area contributed by atoms with E-state index in [4.69, 9.17) is 11.6 Å². The maximum atomic E-state index is 12.2. The van der Waals surface area contributed by atoms with Gasteiger partial charge in [-0.25, -0.2) is 0 Å². The van der Waals surface area contributed by atoms with Crippen LogP contribution in [-0.2, 0) is 0 Å². The Morgan fingerprint density at radius 1 is 1.26 bits per heavy atom. The number of alkyl halides is 3. The molecule has 1 aliphatic rings. The van der Waals surface area contributed by atoms with Gasteiger partial charge in [0.2, 0.25) is 0 Å². The molecule has 0 N–H and O–H groups in total. The highest BCUT2D eigenvalue weighted by atomic mass is 35.5. The Bertz CT molecular complexity index is 479. The van der Waals surface area contributed by atoms with Crippen LogP contribution in [0.5, 0.6) is 5.75 Å². The van der Waals surface area contributed by atoms with Crippen molar-refractivity contribution in [3.63, 3.8) is 0 Å². The van der Waals surface area contributed by atoms with Gasteiger partial charge >= 0.3 is 6.36 Å². The van der Waals surface area contributed by atoms with E-state index in [1.807, 2.05) is 0 Å². The fourth-order valence-corrected chi connectivity index (χ4v) is 2.51. The van der Waals surface area contributed by atoms with Gasteiger partial charge in [0.1, 0.15) is 5.75 Å². The van der Waals surface area contributed by atoms with E-state index < -0.39 is 12.1 Å². The van der Waals surface area contributed by atoms with Crippen LogP contribution < -0.4 is 4.74 Å². The molecule has 0 aliphatic heterocycles. The van der Waals surface area contributed by atoms with Crippen LogP contribution in [0.15, 0.2) is 18.2 Å². The number of benzene rings is 1. The highest BCUT2D eigenvalue weighted by Gasteiger charge is 2.32. The SMILES string of the molecule is O=C(c1cc(OC(F)(F)F)ccc1Cl)C1CCCC1. The van der Waals surface area contributed by atoms with Crippen LogP contribution >= 0.6 is 11.6 Å². The van der Waals surface area contributed by atoms with Crippen molar-refractivity contribution in [3.05, 3.63) is 28.8 Å². The summed E-state index contributed by atoms with van der Waals surface area (Å²) in [6.07, 6.45) is -1.32. The van der Waals surface area contributed by atoms with Gasteiger partial charge in [0.25, 0.3) is 0 Å². The summed E-state index contributed by atoms with van der Waals surface area (Å²) in [5.41, 5.74) is 0.107. The minimum atomic E-state index is -4.78. The van der Waals surface area contributed by atoms with Gasteiger partial charge in [-0.15, -0.1) is 13.2 Å². The number of ketones is 1. The van der Waals surface area contributed by atoms with Crippen molar-refractivity contribution in [1.82, 2.24) is 0 Å². The lowest BCUT2D eigenvalue weighted by Crippen LogP contribution is -2.18. The molecule has 1 aliphatic carbocycles. The van der Waals surface area contributed by atoms with Crippen molar-refractivity contribution in [2.24, 2.45) is 5.92 Å². The third-order valence-electron chi connectivity index (χ3n) is 3.16. The van der Waals surface area contributed by atoms with E-state index in [0.717, 1.165) is 37.8 Å². The van der Waals surface area contributed by atoms with Crippen LogP contribution in [0.3, 0.4) is 0 Å². The minimum absolute atomic E-state index is 0.107. The molecule has 6 heteroatoms. The number of hydrogen-bond acceptors (Lipinski definition) is 2. The Hall–Kier alpha value is -1.23. The number of Topliss-reactive ketones (excluding diaryl/α,β-unsaturated/α-hetero) is 1. The first-order valence-electron chi connectivity index (χ1n) is 5.96. The average molecular weight is 293 g/mol. The van der Waals surface area contributed by atoms with Gasteiger partial charge in [-0.05, 0) is 31.0 Å². The van der Waals surface area contributed by atoms with Crippen LogP contribution in [0, 0.1) is 5.92 Å². The van der Waals surface area contributed by atoms with Crippen LogP contribution in [0.2, 0.25) is 5.02 Å². The van der Waals surface area contributed by atoms with E-state index in [1.165, 1.54) is 6.07 Å². The average Bonchev–Trinajstić information content (AvgIpc) is 2.82. The zero-order valence-corrected chi connectivity index (χ0v) is 10.7. The summed E-state index contributed by atoms with van der Waals surface area (Å²) >= 11 is 5.88. The second kappa shape index (κ2) is 5.41. The number of carbonyl (C=O) groups is 1. The highest BCUT2D eigenvalue weighted by Crippen LogP contribution is 2.33. The zero-order valence-electron chi connectivity index (χ0n) is 9.97. The Balaban J connectivity index is 2.23. The van der Waals surface area contributed by atoms with E-state index in [2.05, 4.69) is 4.74 Å². The summed E-state index contributed by atoms with van der Waals surface area (Å²) in [5.74, 6) is -0.757. The normalized spacial score (nSPS) is 16.6. The first kappa shape index (κ1) is 14.2. The lowest BCUT2D eigenvalue weighted by molar-refractivity contribution is -0.274. The van der Waals surface area contributed by atoms with Gasteiger partial charge in [-0.1, -0.05) is 24.4 Å². The highest BCUT2D eigenvalue weighted by molar-refractivity contribution is 6.34. The molecule has 1 fully saturated rings. The molecule has 0 atom stereocenters. The molecule has 104 valence electrons. The molecule has 0 saturated heterocycles. The smallest absolute Gasteiger partial charge is 0.406 e. The molecule has 0 aromatic heterocycles. The van der Waals surface area contributed by atoms with Gasteiger partial charge in [-0.2, -0.15) is 0 Å². The number of rotatable bonds is 3. The summed E-state index contributed by atoms with van der Waals surface area (Å²) in [4.78, 5) is 12.2. The van der Waals surface area contributed by atoms with Gasteiger partial charge in [0.15, 0.2) is 5.78 Å². The second-order valence-corrected chi connectivity index (χ2v) is 4.94. The minimum Gasteiger partial charge on any atom is -0.406 e. The maximum Gasteiger partial charge on any atom is 0.573 e. The lowest BCUT2D eigenvalue weighted by atomic mass is 9.96. The fourth-order valence-electron chi connectivity index (χ4n) is 2.30. The fraction of sp³-hybridized carbons (Fsp3) is 0.462. The van der Waals surface area contributed by atoms with Crippen molar-refractivity contribution in [2.45, 2.75) is 32.0 Å². The molecule has 0 heterocycles. The third-order valence-corrected chi connectivity index (χ3v) is 3.49. The van der Waals surface area contributed by atoms with Crippen molar-refractivity contribution >= 4 is 17.4 Å². The van der Waals surface area contributed by atoms with Gasteiger partial charge < -0.3 is 4.74 Å². The van der Waals surface area contributed by atoms with Crippen LogP contribution in [0.1, 0.15) is 36.0 Å². The number of ether oxygens (including phenoxy) is 1. The summed E-state index contributed by atoms with van der Waals surface area (Å²) in [5, 5.41) is 0.159. The molecule has 0 spiro atoms. The molecule has 1 aromatic carbocycles. The Kier molecular flexibility index (Phi) is 4.04. The summed E-state index contributed by atoms with van der Waals surface area (Å²) in [6.45, 7) is 0. The van der Waals surface area contributed by atoms with Gasteiger partial charge in [0, 0.05) is 11.5 Å². The molecule has 2 rings (SSSR count). The Labute approximate surface area is 113 Å². The largest absolute Gasteiger partial charge is 0.573 e. The van der Waals surface area contributed by atoms with Crippen LogP contribution in [-0.4, -0.2) is 12.1 Å². The van der Waals surface area contributed by atoms with E-state index >= 15 is 0 Å². The van der Waals surface area contributed by atoms with E-state index in [0.29, 0.717) is 0 Å². The Morgan fingerprint density at radius 2 is 1.89 bits per heavy atom. The molecule has 2 nitrogen and oxygen atoms in total. The molecule has 0 unspecified atom stereocenters. The first-order valence-corrected chi connectivity index (χ1v) is 6.34. The summed E-state index contributed by atoms with van der Waals surface area (Å²) < 4.78 is 40.2. The van der Waals surface area contributed by atoms with Gasteiger partial charge in [-0.3, -0.25) is 4.79 Å². The molecule has 0 radical (unpaired) electrons. The maximum absolute atomic E-state index is 12.2. The molecule has 0 amide bonds. The molecule has 1 aromatic rings. The molecular formula is C13H12ClF3O2. The topological polar surface area (TPSA) is 26.3 Å². The number of carbonyl (C=O) groups excluding carboxylic acids is 1. The summed E-state index contributed by atoms with van der Waals surface area (Å²) in [6, 6.07) is 3.42. The van der Waals surface area contributed by atoms with Crippen molar-refractivity contribution in [2.75, 3.05) is 0 Å². The molecular weight excluding hydrogens is 281 g/mol. The molecule has 1 saturated carbocycles. The predicted octanol–water partition coefficient (Wildman–Crippen LogP) is 4.61. The molecule has 19 heavy (non-hydrogen) atoms. The molecule has 0 bridgehead atoms. The monoisotopic (exact) mass is 292 g/mol. The lowest BCUT2D eigenvalue weighted by Gasteiger charge is -2.13. The van der Waals surface area contributed by atoms with Crippen molar-refractivity contribution in [1.29, 1.82) is 0 Å². The van der Waals surface area contributed by atoms with Crippen molar-refractivity contribution < 1.29 is 22.7 Å². The number of hydrogen-bond donors (Lipinski definition) is 0. The first-order chi connectivity index (χ1) is 8.87. The third kappa shape index (κ3) is 3.62. The standard InChI is InChI=1S/C13H12ClF3O2/c14-11-6-5-9(19-13(15,16)17)7-10(11)12(18)8-3-1-2-4-8/h5-8H,1-4H2. The van der Waals surface area contributed by atoms with Crippen molar-refractivity contribution in [3.8, 4) is 5.75 Å². The van der Waals surface area contributed by atoms with E-state index in [-0.39, 0.29) is 22.3 Å². The van der Waals surface area contributed by atoms with E-state index in [9.17, 15) is 18.0 Å². The van der Waals surface area contributed by atoms with E-state index in [1.54, 1.807) is 0 Å². The number of halogens is 4. The quantitative estimate of drug-likeness (QED) is 0.760. The predicted molar refractivity (Wildman–Crippen MR) is 64.4 cm³/mol. The van der Waals surface area contributed by atoms with Crippen LogP contribution in [0.4, 0.5) is 13.2 Å². The second-order valence-electron chi connectivity index (χ2n) is 4.54. The Morgan fingerprint density at radius 3 is 2.47 bits per heavy atom. The van der Waals surface area contributed by atoms with Gasteiger partial charge in [0.05, 0.1) is 5.02 Å². The summed E-state index contributed by atoms with van der Waals surface area (Å²) in [7, 11) is 0. The zero-order chi connectivity index (χ0) is 14.0. The van der Waals surface area contributed by atoms with Crippen LogP contribution in [0.25, 0.3) is 0 Å².